The Kier molecular flexibility index (Phi) is 5.65. The minimum absolute atomic E-state index is 0.00626. The van der Waals surface area contributed by atoms with Crippen molar-refractivity contribution in [2.24, 2.45) is 0 Å². The van der Waals surface area contributed by atoms with Crippen molar-refractivity contribution in [2.45, 2.75) is 25.9 Å². The molecule has 0 saturated heterocycles. The zero-order valence-electron chi connectivity index (χ0n) is 12.3. The van der Waals surface area contributed by atoms with E-state index in [0.717, 1.165) is 6.42 Å². The molecule has 0 spiro atoms. The molecule has 0 fully saturated rings. The first kappa shape index (κ1) is 17.3. The summed E-state index contributed by atoms with van der Waals surface area (Å²) in [6, 6.07) is 6.69. The lowest BCUT2D eigenvalue weighted by Gasteiger charge is -2.14. The summed E-state index contributed by atoms with van der Waals surface area (Å²) >= 11 is 5.86. The van der Waals surface area contributed by atoms with Gasteiger partial charge in [-0.3, -0.25) is 0 Å². The highest BCUT2D eigenvalue weighted by atomic mass is 35.5. The fourth-order valence-electron chi connectivity index (χ4n) is 1.74. The molecule has 0 atom stereocenters. The van der Waals surface area contributed by atoms with Gasteiger partial charge in [0.2, 0.25) is 11.8 Å². The van der Waals surface area contributed by atoms with Gasteiger partial charge >= 0.3 is 6.18 Å². The first-order chi connectivity index (χ1) is 10.9. The zero-order valence-corrected chi connectivity index (χ0v) is 13.1. The maximum Gasteiger partial charge on any atom is 0.423 e. The summed E-state index contributed by atoms with van der Waals surface area (Å²) in [7, 11) is 0. The van der Waals surface area contributed by atoms with Gasteiger partial charge in [0.05, 0.1) is 6.61 Å². The van der Waals surface area contributed by atoms with E-state index in [1.54, 1.807) is 24.3 Å². The van der Waals surface area contributed by atoms with Gasteiger partial charge in [-0.05, 0) is 24.6 Å². The number of rotatable bonds is 6. The van der Waals surface area contributed by atoms with E-state index < -0.39 is 17.6 Å². The van der Waals surface area contributed by atoms with Gasteiger partial charge in [0.25, 0.3) is 0 Å². The van der Waals surface area contributed by atoms with Crippen molar-refractivity contribution in [2.75, 3.05) is 11.9 Å². The van der Waals surface area contributed by atoms with E-state index in [4.69, 9.17) is 16.3 Å². The number of benzene rings is 1. The van der Waals surface area contributed by atoms with Crippen molar-refractivity contribution in [1.29, 1.82) is 0 Å². The van der Waals surface area contributed by atoms with E-state index in [1.807, 2.05) is 6.92 Å². The molecule has 124 valence electrons. The van der Waals surface area contributed by atoms with Crippen LogP contribution in [0.5, 0.6) is 5.88 Å². The number of halogens is 4. The summed E-state index contributed by atoms with van der Waals surface area (Å²) in [4.78, 5) is 7.52. The number of alkyl halides is 3. The van der Waals surface area contributed by atoms with Crippen LogP contribution in [-0.4, -0.2) is 16.6 Å². The molecule has 0 aliphatic rings. The van der Waals surface area contributed by atoms with Gasteiger partial charge in [0.1, 0.15) is 5.56 Å². The Morgan fingerprint density at radius 1 is 1.30 bits per heavy atom. The second-order valence-corrected chi connectivity index (χ2v) is 5.18. The smallest absolute Gasteiger partial charge is 0.423 e. The summed E-state index contributed by atoms with van der Waals surface area (Å²) < 4.78 is 44.1. The van der Waals surface area contributed by atoms with Gasteiger partial charge in [0, 0.05) is 16.9 Å². The molecule has 0 saturated carbocycles. The first-order valence-electron chi connectivity index (χ1n) is 6.99. The fraction of sp³-hybridized carbons (Fsp3) is 0.333. The molecule has 0 aliphatic heterocycles. The van der Waals surface area contributed by atoms with E-state index in [9.17, 15) is 13.2 Å². The Balaban J connectivity index is 2.26. The average molecular weight is 346 g/mol. The summed E-state index contributed by atoms with van der Waals surface area (Å²) in [6.07, 6.45) is -2.42. The number of aromatic nitrogens is 2. The quantitative estimate of drug-likeness (QED) is 0.742. The van der Waals surface area contributed by atoms with Crippen molar-refractivity contribution < 1.29 is 17.9 Å². The third-order valence-corrected chi connectivity index (χ3v) is 3.11. The predicted molar refractivity (Wildman–Crippen MR) is 82.2 cm³/mol. The van der Waals surface area contributed by atoms with Crippen LogP contribution in [-0.2, 0) is 6.18 Å². The lowest BCUT2D eigenvalue weighted by Crippen LogP contribution is -2.13. The Hall–Kier alpha value is -2.02. The Bertz CT molecular complexity index is 665. The summed E-state index contributed by atoms with van der Waals surface area (Å²) in [5, 5.41) is 3.29. The SMILES string of the molecule is CCCCOc1nc(Nc2cccc(Cl)c2)ncc1C(F)(F)F. The Labute approximate surface area is 136 Å². The number of nitrogens with zero attached hydrogens (tertiary/aromatic N) is 2. The molecule has 4 nitrogen and oxygen atoms in total. The molecule has 0 aliphatic carbocycles. The molecule has 0 radical (unpaired) electrons. The van der Waals surface area contributed by atoms with E-state index in [0.29, 0.717) is 23.3 Å². The standard InChI is InChI=1S/C15H15ClF3N3O/c1-2-3-7-23-13-12(15(17,18)19)9-20-14(22-13)21-11-6-4-5-10(16)8-11/h4-6,8-9H,2-3,7H2,1H3,(H,20,21,22). The lowest BCUT2D eigenvalue weighted by molar-refractivity contribution is -0.139. The minimum atomic E-state index is -4.57. The summed E-state index contributed by atoms with van der Waals surface area (Å²) in [5.41, 5.74) is -0.429. The van der Waals surface area contributed by atoms with Crippen molar-refractivity contribution in [3.8, 4) is 5.88 Å². The average Bonchev–Trinajstić information content (AvgIpc) is 2.46. The highest BCUT2D eigenvalue weighted by molar-refractivity contribution is 6.30. The van der Waals surface area contributed by atoms with Crippen LogP contribution in [0.2, 0.25) is 5.02 Å². The van der Waals surface area contributed by atoms with Gasteiger partial charge in [0.15, 0.2) is 0 Å². The van der Waals surface area contributed by atoms with Crippen LogP contribution in [0.1, 0.15) is 25.3 Å². The molecule has 0 amide bonds. The number of hydrogen-bond donors (Lipinski definition) is 1. The molecular formula is C15H15ClF3N3O. The maximum atomic E-state index is 13.0. The largest absolute Gasteiger partial charge is 0.477 e. The maximum absolute atomic E-state index is 13.0. The van der Waals surface area contributed by atoms with E-state index in [1.165, 1.54) is 0 Å². The third-order valence-electron chi connectivity index (χ3n) is 2.88. The molecule has 0 unspecified atom stereocenters. The van der Waals surface area contributed by atoms with Crippen LogP contribution in [0.4, 0.5) is 24.8 Å². The fourth-order valence-corrected chi connectivity index (χ4v) is 1.93. The van der Waals surface area contributed by atoms with Gasteiger partial charge in [-0.2, -0.15) is 18.2 Å². The van der Waals surface area contributed by atoms with Crippen LogP contribution < -0.4 is 10.1 Å². The van der Waals surface area contributed by atoms with Gasteiger partial charge < -0.3 is 10.1 Å². The normalized spacial score (nSPS) is 11.3. The minimum Gasteiger partial charge on any atom is -0.477 e. The molecule has 2 aromatic rings. The Morgan fingerprint density at radius 2 is 2.09 bits per heavy atom. The van der Waals surface area contributed by atoms with Crippen LogP contribution in [0.15, 0.2) is 30.5 Å². The highest BCUT2D eigenvalue weighted by Gasteiger charge is 2.36. The van der Waals surface area contributed by atoms with Gasteiger partial charge in [-0.15, -0.1) is 0 Å². The summed E-state index contributed by atoms with van der Waals surface area (Å²) in [5.74, 6) is -0.475. The zero-order chi connectivity index (χ0) is 16.9. The van der Waals surface area contributed by atoms with E-state index in [-0.39, 0.29) is 12.6 Å². The van der Waals surface area contributed by atoms with Crippen molar-refractivity contribution in [3.05, 3.63) is 41.0 Å². The Morgan fingerprint density at radius 3 is 2.74 bits per heavy atom. The van der Waals surface area contributed by atoms with Crippen molar-refractivity contribution in [3.63, 3.8) is 0 Å². The molecular weight excluding hydrogens is 331 g/mol. The molecule has 1 aromatic carbocycles. The molecule has 0 bridgehead atoms. The van der Waals surface area contributed by atoms with Crippen LogP contribution in [0.3, 0.4) is 0 Å². The molecule has 1 aromatic heterocycles. The topological polar surface area (TPSA) is 47.0 Å². The van der Waals surface area contributed by atoms with Crippen molar-refractivity contribution in [1.82, 2.24) is 9.97 Å². The van der Waals surface area contributed by atoms with Gasteiger partial charge in [-0.1, -0.05) is 31.0 Å². The molecule has 23 heavy (non-hydrogen) atoms. The highest BCUT2D eigenvalue weighted by Crippen LogP contribution is 2.35. The number of hydrogen-bond acceptors (Lipinski definition) is 4. The summed E-state index contributed by atoms with van der Waals surface area (Å²) in [6.45, 7) is 2.08. The number of anilines is 2. The van der Waals surface area contributed by atoms with Crippen LogP contribution >= 0.6 is 11.6 Å². The second-order valence-electron chi connectivity index (χ2n) is 4.75. The number of nitrogens with one attached hydrogen (secondary N) is 1. The van der Waals surface area contributed by atoms with Crippen molar-refractivity contribution >= 4 is 23.2 Å². The monoisotopic (exact) mass is 345 g/mol. The van der Waals surface area contributed by atoms with E-state index >= 15 is 0 Å². The van der Waals surface area contributed by atoms with E-state index in [2.05, 4.69) is 15.3 Å². The van der Waals surface area contributed by atoms with Gasteiger partial charge in [-0.25, -0.2) is 4.98 Å². The molecule has 1 heterocycles. The van der Waals surface area contributed by atoms with Crippen LogP contribution in [0, 0.1) is 0 Å². The number of ether oxygens (including phenoxy) is 1. The molecule has 1 N–H and O–H groups in total. The van der Waals surface area contributed by atoms with Crippen LogP contribution in [0.25, 0.3) is 0 Å². The lowest BCUT2D eigenvalue weighted by atomic mass is 10.3. The second kappa shape index (κ2) is 7.50. The third kappa shape index (κ3) is 4.99. The first-order valence-corrected chi connectivity index (χ1v) is 7.37. The molecule has 2 rings (SSSR count). The molecule has 8 heteroatoms. The number of unbranched alkanes of at least 4 members (excludes halogenated alkanes) is 1. The predicted octanol–water partition coefficient (Wildman–Crippen LogP) is 5.07.